The van der Waals surface area contributed by atoms with Crippen LogP contribution < -0.4 is 8.92 Å². The van der Waals surface area contributed by atoms with Gasteiger partial charge in [-0.1, -0.05) is 22.0 Å². The predicted molar refractivity (Wildman–Crippen MR) is 94.6 cm³/mol. The molecule has 2 aromatic rings. The summed E-state index contributed by atoms with van der Waals surface area (Å²) in [6, 6.07) is 12.8. The van der Waals surface area contributed by atoms with E-state index < -0.39 is 10.1 Å². The fourth-order valence-electron chi connectivity index (χ4n) is 2.13. The van der Waals surface area contributed by atoms with E-state index in [1.807, 2.05) is 44.2 Å². The lowest BCUT2D eigenvalue weighted by Crippen LogP contribution is -2.16. The molecule has 6 heteroatoms. The van der Waals surface area contributed by atoms with Gasteiger partial charge in [0.2, 0.25) is 0 Å². The van der Waals surface area contributed by atoms with Crippen molar-refractivity contribution in [2.45, 2.75) is 20.3 Å². The first-order valence-corrected chi connectivity index (χ1v) is 9.60. The first-order valence-electron chi connectivity index (χ1n) is 7.23. The summed E-state index contributed by atoms with van der Waals surface area (Å²) in [5, 5.41) is 0. The molecule has 0 radical (unpaired) electrons. The van der Waals surface area contributed by atoms with Gasteiger partial charge in [-0.05, 0) is 67.8 Å². The van der Waals surface area contributed by atoms with Crippen LogP contribution in [0, 0.1) is 13.8 Å². The fraction of sp³-hybridized carbons (Fsp3) is 0.294. The van der Waals surface area contributed by atoms with E-state index in [1.165, 1.54) is 0 Å². The van der Waals surface area contributed by atoms with Crippen molar-refractivity contribution in [2.75, 3.05) is 12.4 Å². The van der Waals surface area contributed by atoms with E-state index >= 15 is 0 Å². The fourth-order valence-corrected chi connectivity index (χ4v) is 3.33. The normalized spacial score (nSPS) is 11.3. The van der Waals surface area contributed by atoms with Crippen LogP contribution in [0.3, 0.4) is 0 Å². The Morgan fingerprint density at radius 2 is 1.57 bits per heavy atom. The molecule has 0 saturated carbocycles. The molecule has 0 aliphatic heterocycles. The smallest absolute Gasteiger partial charge is 0.309 e. The molecule has 4 nitrogen and oxygen atoms in total. The molecule has 0 heterocycles. The van der Waals surface area contributed by atoms with E-state index in [4.69, 9.17) is 8.92 Å². The van der Waals surface area contributed by atoms with Gasteiger partial charge in [0, 0.05) is 4.47 Å². The van der Waals surface area contributed by atoms with Gasteiger partial charge < -0.3 is 8.92 Å². The zero-order valence-electron chi connectivity index (χ0n) is 13.1. The Morgan fingerprint density at radius 1 is 0.957 bits per heavy atom. The maximum atomic E-state index is 12.0. The molecular weight excluding hydrogens is 380 g/mol. The molecule has 0 N–H and O–H groups in total. The monoisotopic (exact) mass is 398 g/mol. The minimum atomic E-state index is -3.62. The third-order valence-electron chi connectivity index (χ3n) is 3.04. The van der Waals surface area contributed by atoms with Gasteiger partial charge in [-0.25, -0.2) is 0 Å². The van der Waals surface area contributed by atoms with Gasteiger partial charge >= 0.3 is 10.1 Å². The number of hydrogen-bond donors (Lipinski definition) is 0. The molecule has 0 spiro atoms. The van der Waals surface area contributed by atoms with Gasteiger partial charge in [0.05, 0.1) is 12.4 Å². The molecular formula is C17H19BrO4S. The van der Waals surface area contributed by atoms with Crippen LogP contribution in [0.1, 0.15) is 17.5 Å². The Balaban J connectivity index is 1.83. The third-order valence-corrected chi connectivity index (χ3v) is 4.80. The predicted octanol–water partition coefficient (Wildman–Crippen LogP) is 4.24. The van der Waals surface area contributed by atoms with Gasteiger partial charge in [0.15, 0.2) is 0 Å². The standard InChI is InChI=1S/C17H19BrO4S/c1-13-10-14(2)12-17(11-13)22-23(19,20)9-3-8-21-16-6-4-15(18)5-7-16/h4-7,10-12H,3,8-9H2,1-2H3. The third kappa shape index (κ3) is 6.23. The van der Waals surface area contributed by atoms with E-state index in [-0.39, 0.29) is 5.75 Å². The molecule has 0 saturated heterocycles. The van der Waals surface area contributed by atoms with Crippen molar-refractivity contribution in [3.63, 3.8) is 0 Å². The van der Waals surface area contributed by atoms with E-state index in [2.05, 4.69) is 15.9 Å². The minimum absolute atomic E-state index is 0.0868. The maximum Gasteiger partial charge on any atom is 0.309 e. The highest BCUT2D eigenvalue weighted by Crippen LogP contribution is 2.19. The number of aryl methyl sites for hydroxylation is 2. The number of halogens is 1. The molecule has 0 amide bonds. The number of ether oxygens (including phenoxy) is 1. The molecule has 2 rings (SSSR count). The lowest BCUT2D eigenvalue weighted by molar-refractivity contribution is 0.316. The largest absolute Gasteiger partial charge is 0.494 e. The second-order valence-corrected chi connectivity index (χ2v) is 7.93. The summed E-state index contributed by atoms with van der Waals surface area (Å²) in [6.45, 7) is 4.12. The molecule has 0 aromatic heterocycles. The zero-order chi connectivity index (χ0) is 16.9. The quantitative estimate of drug-likeness (QED) is 0.516. The van der Waals surface area contributed by atoms with Crippen molar-refractivity contribution in [3.8, 4) is 11.5 Å². The number of benzene rings is 2. The van der Waals surface area contributed by atoms with Crippen LogP contribution in [0.25, 0.3) is 0 Å². The van der Waals surface area contributed by atoms with Crippen LogP contribution in [0.2, 0.25) is 0 Å². The Morgan fingerprint density at radius 3 is 2.17 bits per heavy atom. The second-order valence-electron chi connectivity index (χ2n) is 5.32. The van der Waals surface area contributed by atoms with Crippen LogP contribution in [0.15, 0.2) is 46.9 Å². The summed E-state index contributed by atoms with van der Waals surface area (Å²) < 4.78 is 35.6. The molecule has 0 aliphatic carbocycles. The van der Waals surface area contributed by atoms with E-state index in [9.17, 15) is 8.42 Å². The Bertz CT molecular complexity index is 734. The molecule has 23 heavy (non-hydrogen) atoms. The van der Waals surface area contributed by atoms with Gasteiger partial charge in [-0.3, -0.25) is 0 Å². The van der Waals surface area contributed by atoms with Crippen LogP contribution in [-0.4, -0.2) is 20.8 Å². The van der Waals surface area contributed by atoms with Gasteiger partial charge in [0.1, 0.15) is 11.5 Å². The van der Waals surface area contributed by atoms with Crippen molar-refractivity contribution in [1.29, 1.82) is 0 Å². The average molecular weight is 399 g/mol. The molecule has 0 unspecified atom stereocenters. The second kappa shape index (κ2) is 7.84. The van der Waals surface area contributed by atoms with Crippen molar-refractivity contribution >= 4 is 26.0 Å². The molecule has 2 aromatic carbocycles. The van der Waals surface area contributed by atoms with Crippen LogP contribution in [-0.2, 0) is 10.1 Å². The summed E-state index contributed by atoms with van der Waals surface area (Å²) in [5.41, 5.74) is 1.93. The maximum absolute atomic E-state index is 12.0. The van der Waals surface area contributed by atoms with Crippen LogP contribution in [0.4, 0.5) is 0 Å². The first kappa shape index (κ1) is 17.8. The highest BCUT2D eigenvalue weighted by Gasteiger charge is 2.13. The highest BCUT2D eigenvalue weighted by molar-refractivity contribution is 9.10. The van der Waals surface area contributed by atoms with Crippen molar-refractivity contribution in [3.05, 3.63) is 58.1 Å². The SMILES string of the molecule is Cc1cc(C)cc(OS(=O)(=O)CCCOc2ccc(Br)cc2)c1. The Labute approximate surface area is 145 Å². The molecule has 0 atom stereocenters. The molecule has 0 aliphatic rings. The van der Waals surface area contributed by atoms with E-state index in [1.54, 1.807) is 12.1 Å². The van der Waals surface area contributed by atoms with Crippen molar-refractivity contribution in [2.24, 2.45) is 0 Å². The minimum Gasteiger partial charge on any atom is -0.494 e. The first-order chi connectivity index (χ1) is 10.8. The average Bonchev–Trinajstić information content (AvgIpc) is 2.44. The lowest BCUT2D eigenvalue weighted by Gasteiger charge is -2.09. The summed E-state index contributed by atoms with van der Waals surface area (Å²) >= 11 is 3.34. The lowest BCUT2D eigenvalue weighted by atomic mass is 10.1. The highest BCUT2D eigenvalue weighted by atomic mass is 79.9. The van der Waals surface area contributed by atoms with Crippen molar-refractivity contribution in [1.82, 2.24) is 0 Å². The zero-order valence-corrected chi connectivity index (χ0v) is 15.5. The number of hydrogen-bond acceptors (Lipinski definition) is 4. The molecule has 0 fully saturated rings. The summed E-state index contributed by atoms with van der Waals surface area (Å²) in [6.07, 6.45) is 0.364. The van der Waals surface area contributed by atoms with E-state index in [0.29, 0.717) is 24.5 Å². The Kier molecular flexibility index (Phi) is 6.07. The van der Waals surface area contributed by atoms with Crippen molar-refractivity contribution < 1.29 is 17.3 Å². The molecule has 0 bridgehead atoms. The van der Waals surface area contributed by atoms with Crippen LogP contribution in [0.5, 0.6) is 11.5 Å². The number of rotatable bonds is 7. The summed E-state index contributed by atoms with van der Waals surface area (Å²) in [4.78, 5) is 0. The van der Waals surface area contributed by atoms with Gasteiger partial charge in [-0.15, -0.1) is 0 Å². The Hall–Kier alpha value is -1.53. The van der Waals surface area contributed by atoms with Gasteiger partial charge in [0.25, 0.3) is 0 Å². The summed E-state index contributed by atoms with van der Waals surface area (Å²) in [5.74, 6) is 0.980. The van der Waals surface area contributed by atoms with Crippen LogP contribution >= 0.6 is 15.9 Å². The summed E-state index contributed by atoms with van der Waals surface area (Å²) in [7, 11) is -3.62. The van der Waals surface area contributed by atoms with Gasteiger partial charge in [-0.2, -0.15) is 8.42 Å². The van der Waals surface area contributed by atoms with E-state index in [0.717, 1.165) is 15.6 Å². The molecule has 124 valence electrons. The topological polar surface area (TPSA) is 52.6 Å².